The van der Waals surface area contributed by atoms with Gasteiger partial charge in [-0.05, 0) is 54.8 Å². The summed E-state index contributed by atoms with van der Waals surface area (Å²) in [5, 5.41) is 0. The van der Waals surface area contributed by atoms with Gasteiger partial charge in [-0.15, -0.1) is 0 Å². The van der Waals surface area contributed by atoms with E-state index in [0.717, 1.165) is 17.3 Å². The molecule has 2 bridgehead atoms. The second kappa shape index (κ2) is 2.77. The van der Waals surface area contributed by atoms with Gasteiger partial charge in [0.2, 0.25) is 0 Å². The van der Waals surface area contributed by atoms with Crippen molar-refractivity contribution >= 4 is 0 Å². The third-order valence-electron chi connectivity index (χ3n) is 6.26. The van der Waals surface area contributed by atoms with Crippen LogP contribution in [0.4, 0.5) is 0 Å². The molecule has 3 aliphatic rings. The molecular formula is C14H24. The van der Waals surface area contributed by atoms with Gasteiger partial charge >= 0.3 is 0 Å². The highest BCUT2D eigenvalue weighted by Gasteiger charge is 2.61. The summed E-state index contributed by atoms with van der Waals surface area (Å²) >= 11 is 0. The Bertz CT molecular complexity index is 232. The zero-order valence-corrected chi connectivity index (χ0v) is 9.81. The lowest BCUT2D eigenvalue weighted by atomic mass is 9.52. The topological polar surface area (TPSA) is 0 Å². The number of hydrogen-bond donors (Lipinski definition) is 0. The van der Waals surface area contributed by atoms with Gasteiger partial charge in [0, 0.05) is 0 Å². The molecule has 3 rings (SSSR count). The smallest absolute Gasteiger partial charge is 0.0215 e. The fourth-order valence-electron chi connectivity index (χ4n) is 5.31. The highest BCUT2D eigenvalue weighted by atomic mass is 14.7. The molecule has 0 heterocycles. The molecule has 0 saturated heterocycles. The Morgan fingerprint density at radius 2 is 1.50 bits per heavy atom. The number of rotatable bonds is 0. The largest absolute Gasteiger partial charge is 0.0591 e. The second-order valence-corrected chi connectivity index (χ2v) is 6.65. The highest BCUT2D eigenvalue weighted by Crippen LogP contribution is 2.70. The van der Waals surface area contributed by atoms with Gasteiger partial charge in [-0.3, -0.25) is 0 Å². The molecule has 14 heavy (non-hydrogen) atoms. The van der Waals surface area contributed by atoms with Gasteiger partial charge in [0.15, 0.2) is 0 Å². The van der Waals surface area contributed by atoms with E-state index in [-0.39, 0.29) is 0 Å². The maximum absolute atomic E-state index is 2.59. The van der Waals surface area contributed by atoms with Crippen LogP contribution in [0.25, 0.3) is 0 Å². The molecule has 0 N–H and O–H groups in total. The molecule has 0 aromatic rings. The van der Waals surface area contributed by atoms with Crippen molar-refractivity contribution < 1.29 is 0 Å². The zero-order valence-electron chi connectivity index (χ0n) is 9.81. The normalized spacial score (nSPS) is 43.3. The van der Waals surface area contributed by atoms with Crippen molar-refractivity contribution in [2.45, 2.75) is 65.2 Å². The van der Waals surface area contributed by atoms with Crippen molar-refractivity contribution in [1.82, 2.24) is 0 Å². The lowest BCUT2D eigenvalue weighted by Gasteiger charge is -2.52. The first-order chi connectivity index (χ1) is 6.67. The van der Waals surface area contributed by atoms with E-state index in [0.29, 0.717) is 5.41 Å². The Morgan fingerprint density at radius 3 is 2.07 bits per heavy atom. The Morgan fingerprint density at radius 1 is 0.857 bits per heavy atom. The van der Waals surface area contributed by atoms with Gasteiger partial charge in [0.05, 0.1) is 0 Å². The van der Waals surface area contributed by atoms with E-state index >= 15 is 0 Å². The van der Waals surface area contributed by atoms with Gasteiger partial charge < -0.3 is 0 Å². The molecule has 3 saturated carbocycles. The fourth-order valence-corrected chi connectivity index (χ4v) is 5.31. The summed E-state index contributed by atoms with van der Waals surface area (Å²) in [5.74, 6) is 2.19. The maximum Gasteiger partial charge on any atom is -0.0215 e. The molecule has 2 unspecified atom stereocenters. The van der Waals surface area contributed by atoms with E-state index in [2.05, 4.69) is 13.8 Å². The summed E-state index contributed by atoms with van der Waals surface area (Å²) in [6.07, 6.45) is 12.3. The summed E-state index contributed by atoms with van der Waals surface area (Å²) in [6.45, 7) is 5.17. The lowest BCUT2D eigenvalue weighted by Crippen LogP contribution is -2.44. The first kappa shape index (κ1) is 9.24. The van der Waals surface area contributed by atoms with Gasteiger partial charge in [0.1, 0.15) is 0 Å². The van der Waals surface area contributed by atoms with Gasteiger partial charge in [-0.2, -0.15) is 0 Å². The molecule has 3 aliphatic carbocycles. The van der Waals surface area contributed by atoms with Crippen LogP contribution in [-0.4, -0.2) is 0 Å². The Labute approximate surface area is 88.5 Å². The van der Waals surface area contributed by atoms with E-state index in [1.165, 1.54) is 19.3 Å². The van der Waals surface area contributed by atoms with E-state index in [1.807, 2.05) is 0 Å². The Balaban J connectivity index is 1.96. The van der Waals surface area contributed by atoms with Crippen LogP contribution in [0.3, 0.4) is 0 Å². The van der Waals surface area contributed by atoms with Crippen LogP contribution in [0.2, 0.25) is 0 Å². The Kier molecular flexibility index (Phi) is 1.83. The molecule has 0 nitrogen and oxygen atoms in total. The van der Waals surface area contributed by atoms with E-state index in [9.17, 15) is 0 Å². The van der Waals surface area contributed by atoms with Crippen LogP contribution in [0.5, 0.6) is 0 Å². The molecule has 0 aliphatic heterocycles. The van der Waals surface area contributed by atoms with E-state index in [4.69, 9.17) is 0 Å². The first-order valence-corrected chi connectivity index (χ1v) is 6.67. The van der Waals surface area contributed by atoms with E-state index < -0.39 is 0 Å². The van der Waals surface area contributed by atoms with Crippen LogP contribution in [0.15, 0.2) is 0 Å². The summed E-state index contributed by atoms with van der Waals surface area (Å²) < 4.78 is 0. The molecule has 0 aromatic heterocycles. The third-order valence-corrected chi connectivity index (χ3v) is 6.26. The quantitative estimate of drug-likeness (QED) is 0.534. The summed E-state index contributed by atoms with van der Waals surface area (Å²) in [6, 6.07) is 0. The molecule has 2 atom stereocenters. The minimum absolute atomic E-state index is 0.677. The standard InChI is InChI=1S/C14H24/c1-13(2)11-6-7-12(10-11)14(13)8-4-3-5-9-14/h11-12H,3-10H2,1-2H3. The second-order valence-electron chi connectivity index (χ2n) is 6.65. The predicted octanol–water partition coefficient (Wildman–Crippen LogP) is 4.39. The Hall–Kier alpha value is 0. The minimum Gasteiger partial charge on any atom is -0.0591 e. The number of fused-ring (bicyclic) bond motifs is 3. The summed E-state index contributed by atoms with van der Waals surface area (Å²) in [5.41, 5.74) is 1.46. The van der Waals surface area contributed by atoms with Crippen molar-refractivity contribution in [2.75, 3.05) is 0 Å². The average Bonchev–Trinajstić information content (AvgIpc) is 2.72. The van der Waals surface area contributed by atoms with Crippen LogP contribution in [-0.2, 0) is 0 Å². The number of hydrogen-bond acceptors (Lipinski definition) is 0. The maximum atomic E-state index is 2.59. The molecule has 0 heteroatoms. The van der Waals surface area contributed by atoms with Crippen molar-refractivity contribution in [3.63, 3.8) is 0 Å². The van der Waals surface area contributed by atoms with Crippen molar-refractivity contribution in [1.29, 1.82) is 0 Å². The van der Waals surface area contributed by atoms with Crippen LogP contribution in [0, 0.1) is 22.7 Å². The molecule has 0 amide bonds. The molecule has 3 fully saturated rings. The highest BCUT2D eigenvalue weighted by molar-refractivity contribution is 5.11. The van der Waals surface area contributed by atoms with Crippen molar-refractivity contribution in [2.24, 2.45) is 22.7 Å². The molecule has 1 spiro atoms. The van der Waals surface area contributed by atoms with Gasteiger partial charge in [-0.1, -0.05) is 33.1 Å². The lowest BCUT2D eigenvalue weighted by molar-refractivity contribution is -0.0294. The average molecular weight is 192 g/mol. The zero-order chi connectivity index (χ0) is 9.81. The molecule has 0 radical (unpaired) electrons. The van der Waals surface area contributed by atoms with Crippen molar-refractivity contribution in [3.05, 3.63) is 0 Å². The van der Waals surface area contributed by atoms with Gasteiger partial charge in [-0.25, -0.2) is 0 Å². The SMILES string of the molecule is CC1(C)C2CCC(C2)C12CCCCC2. The van der Waals surface area contributed by atoms with Crippen molar-refractivity contribution in [3.8, 4) is 0 Å². The fraction of sp³-hybridized carbons (Fsp3) is 1.00. The minimum atomic E-state index is 0.677. The molecule has 0 aromatic carbocycles. The molecular weight excluding hydrogens is 168 g/mol. The van der Waals surface area contributed by atoms with Gasteiger partial charge in [0.25, 0.3) is 0 Å². The van der Waals surface area contributed by atoms with E-state index in [1.54, 1.807) is 32.1 Å². The first-order valence-electron chi connectivity index (χ1n) is 6.67. The predicted molar refractivity (Wildman–Crippen MR) is 60.1 cm³/mol. The summed E-state index contributed by atoms with van der Waals surface area (Å²) in [7, 11) is 0. The van der Waals surface area contributed by atoms with Crippen LogP contribution in [0.1, 0.15) is 65.2 Å². The third kappa shape index (κ3) is 0.907. The molecule has 80 valence electrons. The summed E-state index contributed by atoms with van der Waals surface area (Å²) in [4.78, 5) is 0. The monoisotopic (exact) mass is 192 g/mol. The van der Waals surface area contributed by atoms with Crippen LogP contribution >= 0.6 is 0 Å². The van der Waals surface area contributed by atoms with Crippen LogP contribution < -0.4 is 0 Å².